The van der Waals surface area contributed by atoms with Crippen molar-refractivity contribution in [1.82, 2.24) is 14.7 Å². The minimum Gasteiger partial charge on any atom is -0.504 e. The van der Waals surface area contributed by atoms with Crippen molar-refractivity contribution in [3.05, 3.63) is 64.2 Å². The van der Waals surface area contributed by atoms with Gasteiger partial charge in [-0.25, -0.2) is 4.98 Å². The van der Waals surface area contributed by atoms with E-state index >= 15 is 0 Å². The van der Waals surface area contributed by atoms with Crippen LogP contribution in [0, 0.1) is 0 Å². The first-order valence-corrected chi connectivity index (χ1v) is 7.74. The van der Waals surface area contributed by atoms with Gasteiger partial charge >= 0.3 is 0 Å². The lowest BCUT2D eigenvalue weighted by molar-refractivity contribution is 0.354. The molecule has 0 fully saturated rings. The molecule has 0 aliphatic rings. The highest BCUT2D eigenvalue weighted by Crippen LogP contribution is 2.27. The first kappa shape index (κ1) is 16.8. The topological polar surface area (TPSA) is 85.1 Å². The third-order valence-electron chi connectivity index (χ3n) is 3.81. The molecule has 0 unspecified atom stereocenters. The van der Waals surface area contributed by atoms with Gasteiger partial charge in [-0.3, -0.25) is 9.20 Å². The Morgan fingerprint density at radius 3 is 2.68 bits per heavy atom. The van der Waals surface area contributed by atoms with Gasteiger partial charge in [-0.1, -0.05) is 6.07 Å². The zero-order valence-corrected chi connectivity index (χ0v) is 14.0. The van der Waals surface area contributed by atoms with Gasteiger partial charge in [0, 0.05) is 25.4 Å². The number of hydrogen-bond acceptors (Lipinski definition) is 6. The molecule has 0 atom stereocenters. The summed E-state index contributed by atoms with van der Waals surface area (Å²) in [4.78, 5) is 16.4. The van der Waals surface area contributed by atoms with Gasteiger partial charge in [0.15, 0.2) is 22.9 Å². The Kier molecular flexibility index (Phi) is 4.85. The predicted molar refractivity (Wildman–Crippen MR) is 93.2 cm³/mol. The number of pyridine rings is 1. The molecule has 3 rings (SSSR count). The van der Waals surface area contributed by atoms with Crippen LogP contribution >= 0.6 is 0 Å². The molecule has 0 amide bonds. The van der Waals surface area contributed by atoms with Crippen LogP contribution in [-0.4, -0.2) is 28.7 Å². The standard InChI is InChI=1S/C18H19N3O4/c1-24-15-6-5-12(8-16(15)25-2)10-19-11-13-9-17(23)21-7-3-4-14(22)18(21)20-13/h3-9,19,22H,10-11H2,1-2H3. The van der Waals surface area contributed by atoms with Crippen LogP contribution in [0.2, 0.25) is 0 Å². The van der Waals surface area contributed by atoms with Crippen LogP contribution in [0.25, 0.3) is 5.65 Å². The highest BCUT2D eigenvalue weighted by molar-refractivity contribution is 5.52. The Labute approximate surface area is 144 Å². The minimum absolute atomic E-state index is 0.0265. The third-order valence-corrected chi connectivity index (χ3v) is 3.81. The number of ether oxygens (including phenoxy) is 2. The van der Waals surface area contributed by atoms with Crippen LogP contribution in [0.5, 0.6) is 17.2 Å². The fourth-order valence-electron chi connectivity index (χ4n) is 2.57. The number of rotatable bonds is 6. The number of methoxy groups -OCH3 is 2. The van der Waals surface area contributed by atoms with E-state index in [2.05, 4.69) is 10.3 Å². The SMILES string of the molecule is COc1ccc(CNCc2cc(=O)n3cccc(O)c3n2)cc1OC. The fourth-order valence-corrected chi connectivity index (χ4v) is 2.57. The molecule has 0 saturated heterocycles. The lowest BCUT2D eigenvalue weighted by atomic mass is 10.2. The summed E-state index contributed by atoms with van der Waals surface area (Å²) in [5.74, 6) is 1.31. The molecule has 2 heterocycles. The Morgan fingerprint density at radius 1 is 1.12 bits per heavy atom. The van der Waals surface area contributed by atoms with E-state index in [1.807, 2.05) is 18.2 Å². The van der Waals surface area contributed by atoms with Crippen molar-refractivity contribution in [3.63, 3.8) is 0 Å². The number of nitrogens with zero attached hydrogens (tertiary/aromatic N) is 2. The van der Waals surface area contributed by atoms with Crippen molar-refractivity contribution < 1.29 is 14.6 Å². The Hall–Kier alpha value is -3.06. The second-order valence-electron chi connectivity index (χ2n) is 5.47. The number of nitrogens with one attached hydrogen (secondary N) is 1. The number of hydrogen-bond donors (Lipinski definition) is 2. The first-order valence-electron chi connectivity index (χ1n) is 7.74. The number of aromatic hydroxyl groups is 1. The second-order valence-corrected chi connectivity index (χ2v) is 5.47. The molecule has 0 spiro atoms. The fraction of sp³-hybridized carbons (Fsp3) is 0.222. The van der Waals surface area contributed by atoms with E-state index in [4.69, 9.17) is 9.47 Å². The van der Waals surface area contributed by atoms with E-state index in [0.717, 1.165) is 5.56 Å². The lowest BCUT2D eigenvalue weighted by Gasteiger charge is -2.10. The van der Waals surface area contributed by atoms with E-state index < -0.39 is 0 Å². The van der Waals surface area contributed by atoms with Gasteiger partial charge in [0.05, 0.1) is 19.9 Å². The summed E-state index contributed by atoms with van der Waals surface area (Å²) in [5.41, 5.74) is 1.59. The number of aromatic nitrogens is 2. The molecule has 1 aromatic carbocycles. The van der Waals surface area contributed by atoms with Gasteiger partial charge in [0.2, 0.25) is 0 Å². The summed E-state index contributed by atoms with van der Waals surface area (Å²) in [6.45, 7) is 0.969. The van der Waals surface area contributed by atoms with Gasteiger partial charge in [-0.15, -0.1) is 0 Å². The summed E-state index contributed by atoms with van der Waals surface area (Å²) in [5, 5.41) is 13.1. The molecule has 25 heavy (non-hydrogen) atoms. The molecule has 7 heteroatoms. The molecule has 0 saturated carbocycles. The molecular formula is C18H19N3O4. The molecule has 130 valence electrons. The highest BCUT2D eigenvalue weighted by atomic mass is 16.5. The number of benzene rings is 1. The zero-order valence-electron chi connectivity index (χ0n) is 14.0. The Morgan fingerprint density at radius 2 is 1.92 bits per heavy atom. The van der Waals surface area contributed by atoms with Crippen molar-refractivity contribution in [3.8, 4) is 17.2 Å². The Balaban J connectivity index is 1.73. The van der Waals surface area contributed by atoms with E-state index in [-0.39, 0.29) is 17.0 Å². The van der Waals surface area contributed by atoms with E-state index in [9.17, 15) is 9.90 Å². The first-order chi connectivity index (χ1) is 12.1. The molecule has 0 radical (unpaired) electrons. The maximum atomic E-state index is 12.1. The van der Waals surface area contributed by atoms with Crippen molar-refractivity contribution in [2.45, 2.75) is 13.1 Å². The molecular weight excluding hydrogens is 322 g/mol. The molecule has 3 aromatic rings. The number of fused-ring (bicyclic) bond motifs is 1. The summed E-state index contributed by atoms with van der Waals surface area (Å²) in [6.07, 6.45) is 1.57. The molecule has 7 nitrogen and oxygen atoms in total. The van der Waals surface area contributed by atoms with Crippen LogP contribution < -0.4 is 20.3 Å². The summed E-state index contributed by atoms with van der Waals surface area (Å²) >= 11 is 0. The highest BCUT2D eigenvalue weighted by Gasteiger charge is 2.07. The van der Waals surface area contributed by atoms with E-state index in [1.165, 1.54) is 16.5 Å². The van der Waals surface area contributed by atoms with Gasteiger partial charge in [0.25, 0.3) is 5.56 Å². The van der Waals surface area contributed by atoms with E-state index in [1.54, 1.807) is 26.5 Å². The summed E-state index contributed by atoms with van der Waals surface area (Å²) in [6, 6.07) is 10.2. The summed E-state index contributed by atoms with van der Waals surface area (Å²) in [7, 11) is 3.18. The average molecular weight is 341 g/mol. The van der Waals surface area contributed by atoms with Gasteiger partial charge in [-0.05, 0) is 29.8 Å². The lowest BCUT2D eigenvalue weighted by Crippen LogP contribution is -2.19. The van der Waals surface area contributed by atoms with Gasteiger partial charge < -0.3 is 19.9 Å². The van der Waals surface area contributed by atoms with Crippen molar-refractivity contribution in [2.24, 2.45) is 0 Å². The Bertz CT molecular complexity index is 953. The smallest absolute Gasteiger partial charge is 0.258 e. The van der Waals surface area contributed by atoms with E-state index in [0.29, 0.717) is 30.3 Å². The molecule has 0 aliphatic heterocycles. The largest absolute Gasteiger partial charge is 0.504 e. The second kappa shape index (κ2) is 7.23. The zero-order chi connectivity index (χ0) is 17.8. The minimum atomic E-state index is -0.233. The van der Waals surface area contributed by atoms with Gasteiger partial charge in [0.1, 0.15) is 0 Å². The van der Waals surface area contributed by atoms with Crippen LogP contribution in [-0.2, 0) is 13.1 Å². The monoisotopic (exact) mass is 341 g/mol. The summed E-state index contributed by atoms with van der Waals surface area (Å²) < 4.78 is 11.8. The molecule has 0 aliphatic carbocycles. The maximum absolute atomic E-state index is 12.1. The van der Waals surface area contributed by atoms with Crippen LogP contribution in [0.3, 0.4) is 0 Å². The quantitative estimate of drug-likeness (QED) is 0.710. The van der Waals surface area contributed by atoms with Crippen molar-refractivity contribution in [2.75, 3.05) is 14.2 Å². The van der Waals surface area contributed by atoms with Crippen molar-refractivity contribution >= 4 is 5.65 Å². The third kappa shape index (κ3) is 3.56. The average Bonchev–Trinajstić information content (AvgIpc) is 2.62. The van der Waals surface area contributed by atoms with Crippen molar-refractivity contribution in [1.29, 1.82) is 0 Å². The van der Waals surface area contributed by atoms with Crippen LogP contribution in [0.15, 0.2) is 47.4 Å². The van der Waals surface area contributed by atoms with Crippen LogP contribution in [0.4, 0.5) is 0 Å². The van der Waals surface area contributed by atoms with Crippen LogP contribution in [0.1, 0.15) is 11.3 Å². The van der Waals surface area contributed by atoms with Gasteiger partial charge in [-0.2, -0.15) is 0 Å². The maximum Gasteiger partial charge on any atom is 0.258 e. The predicted octanol–water partition coefficient (Wildman–Crippen LogP) is 1.71. The molecule has 2 aromatic heterocycles. The molecule has 0 bridgehead atoms. The molecule has 2 N–H and O–H groups in total. The normalized spacial score (nSPS) is 10.8.